The van der Waals surface area contributed by atoms with Crippen molar-refractivity contribution in [2.75, 3.05) is 0 Å². The van der Waals surface area contributed by atoms with Crippen molar-refractivity contribution in [3.63, 3.8) is 0 Å². The maximum absolute atomic E-state index is 13.0. The Bertz CT molecular complexity index is 462. The van der Waals surface area contributed by atoms with E-state index in [2.05, 4.69) is 0 Å². The highest BCUT2D eigenvalue weighted by atomic mass is 35.5. The van der Waals surface area contributed by atoms with Crippen LogP contribution in [-0.2, 0) is 0 Å². The average Bonchev–Trinajstić information content (AvgIpc) is 2.18. The Kier molecular flexibility index (Phi) is 2.99. The normalized spacial score (nSPS) is 10.2. The lowest BCUT2D eigenvalue weighted by Crippen LogP contribution is -2.05. The maximum atomic E-state index is 13.0. The van der Waals surface area contributed by atoms with E-state index in [9.17, 15) is 33.4 Å². The molecule has 0 aromatic heterocycles. The Morgan fingerprint density at radius 1 is 0.875 bits per heavy atom. The van der Waals surface area contributed by atoms with Crippen molar-refractivity contribution in [1.82, 2.24) is 0 Å². The van der Waals surface area contributed by atoms with Crippen LogP contribution in [0.5, 0.6) is 0 Å². The van der Waals surface area contributed by atoms with Crippen LogP contribution in [0.25, 0.3) is 0 Å². The molecule has 0 N–H and O–H groups in total. The molecule has 0 bridgehead atoms. The van der Waals surface area contributed by atoms with E-state index in [-0.39, 0.29) is 0 Å². The van der Waals surface area contributed by atoms with E-state index in [1.165, 1.54) is 0 Å². The summed E-state index contributed by atoms with van der Waals surface area (Å²) in [6.45, 7) is 0. The molecular weight excluding hydrogens is 257 g/mol. The first kappa shape index (κ1) is 12.2. The van der Waals surface area contributed by atoms with Gasteiger partial charge >= 0.3 is 11.4 Å². The molecule has 0 aliphatic heterocycles. The van der Waals surface area contributed by atoms with Crippen LogP contribution >= 0.6 is 11.6 Å². The number of hydrogen-bond donors (Lipinski definition) is 0. The number of nitro groups is 2. The van der Waals surface area contributed by atoms with Gasteiger partial charge in [-0.1, -0.05) is 11.6 Å². The molecule has 16 heavy (non-hydrogen) atoms. The van der Waals surface area contributed by atoms with Crippen LogP contribution in [0.2, 0.25) is 5.02 Å². The van der Waals surface area contributed by atoms with Crippen molar-refractivity contribution in [2.24, 2.45) is 0 Å². The van der Waals surface area contributed by atoms with Gasteiger partial charge in [0.2, 0.25) is 11.6 Å². The van der Waals surface area contributed by atoms with Crippen LogP contribution in [0.3, 0.4) is 0 Å². The van der Waals surface area contributed by atoms with Crippen molar-refractivity contribution < 1.29 is 23.0 Å². The van der Waals surface area contributed by atoms with Gasteiger partial charge in [-0.3, -0.25) is 20.2 Å². The van der Waals surface area contributed by atoms with Crippen molar-refractivity contribution in [3.8, 4) is 0 Å². The molecule has 0 atom stereocenters. The first-order chi connectivity index (χ1) is 7.29. The molecule has 1 aromatic rings. The van der Waals surface area contributed by atoms with Gasteiger partial charge in [-0.2, -0.15) is 8.78 Å². The zero-order valence-corrected chi connectivity index (χ0v) is 7.80. The van der Waals surface area contributed by atoms with E-state index < -0.39 is 43.7 Å². The third kappa shape index (κ3) is 1.65. The summed E-state index contributed by atoms with van der Waals surface area (Å²) in [5, 5.41) is 19.0. The molecule has 0 amide bonds. The van der Waals surface area contributed by atoms with Crippen molar-refractivity contribution >= 4 is 23.0 Å². The maximum Gasteiger partial charge on any atom is 0.387 e. The SMILES string of the molecule is O=[N+]([O-])c1c(F)c(F)c(Cl)c(F)c1[N+](=O)[O-]. The van der Waals surface area contributed by atoms with Gasteiger partial charge in [-0.25, -0.2) is 4.39 Å². The number of nitro benzene ring substituents is 2. The minimum absolute atomic E-state index is 1.50. The summed E-state index contributed by atoms with van der Waals surface area (Å²) in [5.74, 6) is -6.21. The van der Waals surface area contributed by atoms with Crippen molar-refractivity contribution in [3.05, 3.63) is 42.7 Å². The van der Waals surface area contributed by atoms with Crippen molar-refractivity contribution in [1.29, 1.82) is 0 Å². The quantitative estimate of drug-likeness (QED) is 0.352. The van der Waals surface area contributed by atoms with Crippen LogP contribution in [0.4, 0.5) is 24.5 Å². The summed E-state index contributed by atoms with van der Waals surface area (Å²) in [4.78, 5) is 17.4. The van der Waals surface area contributed by atoms with Crippen LogP contribution < -0.4 is 0 Å². The van der Waals surface area contributed by atoms with Gasteiger partial charge in [0.1, 0.15) is 5.02 Å². The Morgan fingerprint density at radius 2 is 1.25 bits per heavy atom. The minimum atomic E-state index is -2.18. The summed E-state index contributed by atoms with van der Waals surface area (Å²) < 4.78 is 38.8. The molecule has 10 heteroatoms. The van der Waals surface area contributed by atoms with Crippen LogP contribution in [0.15, 0.2) is 0 Å². The molecule has 86 valence electrons. The smallest absolute Gasteiger partial charge is 0.258 e. The summed E-state index contributed by atoms with van der Waals surface area (Å²) in [6, 6.07) is 0. The lowest BCUT2D eigenvalue weighted by molar-refractivity contribution is -0.426. The van der Waals surface area contributed by atoms with Crippen LogP contribution in [0.1, 0.15) is 0 Å². The zero-order chi connectivity index (χ0) is 12.6. The largest absolute Gasteiger partial charge is 0.387 e. The third-order valence-corrected chi connectivity index (χ3v) is 1.92. The Labute approximate surface area is 89.5 Å². The second-order valence-electron chi connectivity index (χ2n) is 2.47. The molecular formula is C6ClF3N2O4. The fraction of sp³-hybridized carbons (Fsp3) is 0. The van der Waals surface area contributed by atoms with Gasteiger partial charge in [-0.05, 0) is 0 Å². The Balaban J connectivity index is 3.83. The fourth-order valence-corrected chi connectivity index (χ4v) is 1.11. The van der Waals surface area contributed by atoms with E-state index in [4.69, 9.17) is 11.6 Å². The molecule has 0 saturated carbocycles. The molecule has 0 saturated heterocycles. The summed E-state index contributed by atoms with van der Waals surface area (Å²) >= 11 is 4.89. The minimum Gasteiger partial charge on any atom is -0.258 e. The van der Waals surface area contributed by atoms with Gasteiger partial charge in [-0.15, -0.1) is 0 Å². The topological polar surface area (TPSA) is 86.3 Å². The van der Waals surface area contributed by atoms with Crippen molar-refractivity contribution in [2.45, 2.75) is 0 Å². The number of benzene rings is 1. The van der Waals surface area contributed by atoms with E-state index >= 15 is 0 Å². The molecule has 1 rings (SSSR count). The van der Waals surface area contributed by atoms with Gasteiger partial charge in [0, 0.05) is 0 Å². The predicted molar refractivity (Wildman–Crippen MR) is 44.6 cm³/mol. The summed E-state index contributed by atoms with van der Waals surface area (Å²) in [7, 11) is 0. The number of nitrogens with zero attached hydrogens (tertiary/aromatic N) is 2. The summed E-state index contributed by atoms with van der Waals surface area (Å²) in [6.07, 6.45) is 0. The fourth-order valence-electron chi connectivity index (χ4n) is 0.942. The average molecular weight is 257 g/mol. The molecule has 0 unspecified atom stereocenters. The second kappa shape index (κ2) is 3.93. The number of hydrogen-bond acceptors (Lipinski definition) is 4. The van der Waals surface area contributed by atoms with Gasteiger partial charge in [0.05, 0.1) is 9.85 Å². The molecule has 0 heterocycles. The lowest BCUT2D eigenvalue weighted by atomic mass is 10.2. The molecule has 6 nitrogen and oxygen atoms in total. The first-order valence-electron chi connectivity index (χ1n) is 3.43. The highest BCUT2D eigenvalue weighted by molar-refractivity contribution is 6.31. The van der Waals surface area contributed by atoms with E-state index in [1.54, 1.807) is 0 Å². The Hall–Kier alpha value is -1.90. The molecule has 0 aliphatic rings. The first-order valence-corrected chi connectivity index (χ1v) is 3.81. The van der Waals surface area contributed by atoms with E-state index in [1.807, 2.05) is 0 Å². The van der Waals surface area contributed by atoms with Crippen LogP contribution in [-0.4, -0.2) is 9.85 Å². The highest BCUT2D eigenvalue weighted by Gasteiger charge is 2.39. The highest BCUT2D eigenvalue weighted by Crippen LogP contribution is 2.38. The standard InChI is InChI=1S/C6ClF3N2O4/c7-1-2(8)4(10)6(12(15)16)5(3(1)9)11(13)14. The number of rotatable bonds is 2. The monoisotopic (exact) mass is 256 g/mol. The van der Waals surface area contributed by atoms with E-state index in [0.717, 1.165) is 0 Å². The molecule has 0 radical (unpaired) electrons. The predicted octanol–water partition coefficient (Wildman–Crippen LogP) is 2.57. The summed E-state index contributed by atoms with van der Waals surface area (Å²) in [5.41, 5.74) is -3.71. The second-order valence-corrected chi connectivity index (χ2v) is 2.85. The Morgan fingerprint density at radius 3 is 1.62 bits per heavy atom. The van der Waals surface area contributed by atoms with E-state index in [0.29, 0.717) is 0 Å². The molecule has 0 aliphatic carbocycles. The zero-order valence-electron chi connectivity index (χ0n) is 7.04. The lowest BCUT2D eigenvalue weighted by Gasteiger charge is -2.01. The van der Waals surface area contributed by atoms with Gasteiger partial charge in [0.25, 0.3) is 0 Å². The van der Waals surface area contributed by atoms with Crippen LogP contribution in [0, 0.1) is 37.7 Å². The molecule has 0 spiro atoms. The third-order valence-electron chi connectivity index (χ3n) is 1.58. The molecule has 0 fully saturated rings. The van der Waals surface area contributed by atoms with Gasteiger partial charge in [0.15, 0.2) is 5.82 Å². The van der Waals surface area contributed by atoms with Gasteiger partial charge < -0.3 is 0 Å². The number of halogens is 4. The molecule has 1 aromatic carbocycles.